The summed E-state index contributed by atoms with van der Waals surface area (Å²) in [5.74, 6) is 0.215. The van der Waals surface area contributed by atoms with Crippen LogP contribution in [0.15, 0.2) is 131 Å². The smallest absolute Gasteiger partial charge is 0.200 e. The minimum atomic E-state index is -0.267. The Morgan fingerprint density at radius 1 is 0.630 bits per heavy atom. The lowest BCUT2D eigenvalue weighted by Crippen LogP contribution is -2.43. The highest BCUT2D eigenvalue weighted by Gasteiger charge is 2.53. The van der Waals surface area contributed by atoms with Gasteiger partial charge < -0.3 is 15.7 Å². The second-order valence-corrected chi connectivity index (χ2v) is 17.2. The molecule has 3 N–H and O–H groups in total. The maximum absolute atomic E-state index is 14.7. The van der Waals surface area contributed by atoms with Crippen LogP contribution in [0.3, 0.4) is 0 Å². The van der Waals surface area contributed by atoms with E-state index in [2.05, 4.69) is 122 Å². The molecule has 5 aliphatic carbocycles. The summed E-state index contributed by atoms with van der Waals surface area (Å²) < 4.78 is 0. The number of anilines is 2. The molecule has 3 unspecified atom stereocenters. The summed E-state index contributed by atoms with van der Waals surface area (Å²) >= 11 is 0. The van der Waals surface area contributed by atoms with Gasteiger partial charge in [-0.05, 0) is 135 Å². The van der Waals surface area contributed by atoms with Gasteiger partial charge >= 0.3 is 0 Å². The van der Waals surface area contributed by atoms with Gasteiger partial charge in [-0.15, -0.1) is 0 Å². The third-order valence-electron chi connectivity index (χ3n) is 14.7. The van der Waals surface area contributed by atoms with Crippen molar-refractivity contribution in [2.75, 3.05) is 10.6 Å². The summed E-state index contributed by atoms with van der Waals surface area (Å²) in [6.45, 7) is 4.71. The van der Waals surface area contributed by atoms with E-state index in [4.69, 9.17) is 0 Å². The largest absolute Gasteiger partial charge is 0.506 e. The molecule has 6 aromatic rings. The Morgan fingerprint density at radius 3 is 1.85 bits per heavy atom. The number of fused-ring (bicyclic) bond motifs is 14. The number of hydrogen-bond donors (Lipinski definition) is 3. The van der Waals surface area contributed by atoms with Gasteiger partial charge in [0.1, 0.15) is 5.76 Å². The number of benzene rings is 6. The van der Waals surface area contributed by atoms with E-state index in [-0.39, 0.29) is 28.4 Å². The lowest BCUT2D eigenvalue weighted by molar-refractivity contribution is -0.113. The average molecular weight is 699 g/mol. The number of aliphatic hydroxyl groups is 1. The SMILES string of the molecule is CC12CCCC(C3=C(O)/C(=C4\CCCC5(C)c6cc7c8c(cccc8c6NC45)-c4ccccc4-7)C3=O)=C1Nc1c2cc2c3c(cccc13)-c1ccccc1-2. The molecule has 7 aliphatic rings. The van der Waals surface area contributed by atoms with E-state index < -0.39 is 0 Å². The second-order valence-electron chi connectivity index (χ2n) is 17.2. The van der Waals surface area contributed by atoms with E-state index in [0.29, 0.717) is 11.1 Å². The molecule has 1 fully saturated rings. The van der Waals surface area contributed by atoms with Crippen molar-refractivity contribution in [2.45, 2.75) is 69.2 Å². The number of ketones is 1. The maximum Gasteiger partial charge on any atom is 0.200 e. The molecule has 1 saturated carbocycles. The Labute approximate surface area is 313 Å². The molecule has 0 saturated heterocycles. The third-order valence-corrected chi connectivity index (χ3v) is 14.7. The molecule has 13 rings (SSSR count). The highest BCUT2D eigenvalue weighted by Crippen LogP contribution is 2.61. The number of Topliss-reactive ketones (excluding diaryl/α,β-unsaturated/α-hetero) is 1. The van der Waals surface area contributed by atoms with Crippen molar-refractivity contribution in [3.05, 3.63) is 142 Å². The fourth-order valence-corrected chi connectivity index (χ4v) is 12.2. The third kappa shape index (κ3) is 3.25. The zero-order valence-electron chi connectivity index (χ0n) is 30.4. The van der Waals surface area contributed by atoms with Crippen molar-refractivity contribution in [1.29, 1.82) is 0 Å². The fraction of sp³-hybridized carbons (Fsp3) is 0.220. The maximum atomic E-state index is 14.7. The van der Waals surface area contributed by atoms with Crippen LogP contribution in [-0.2, 0) is 15.6 Å². The minimum absolute atomic E-state index is 0.0137. The van der Waals surface area contributed by atoms with Crippen LogP contribution < -0.4 is 10.6 Å². The Morgan fingerprint density at radius 2 is 1.20 bits per heavy atom. The summed E-state index contributed by atoms with van der Waals surface area (Å²) in [4.78, 5) is 14.7. The number of carbonyl (C=O) groups is 1. The topological polar surface area (TPSA) is 61.4 Å². The van der Waals surface area contributed by atoms with E-state index in [0.717, 1.165) is 61.1 Å². The van der Waals surface area contributed by atoms with Crippen LogP contribution in [0, 0.1) is 0 Å². The van der Waals surface area contributed by atoms with Crippen LogP contribution in [0.5, 0.6) is 0 Å². The van der Waals surface area contributed by atoms with Crippen molar-refractivity contribution in [1.82, 2.24) is 0 Å². The first-order valence-electron chi connectivity index (χ1n) is 19.8. The van der Waals surface area contributed by atoms with Crippen molar-refractivity contribution in [3.63, 3.8) is 0 Å². The Balaban J connectivity index is 0.939. The van der Waals surface area contributed by atoms with Crippen LogP contribution in [0.25, 0.3) is 66.1 Å². The molecule has 260 valence electrons. The van der Waals surface area contributed by atoms with Crippen LogP contribution in [0.1, 0.15) is 63.5 Å². The van der Waals surface area contributed by atoms with Crippen molar-refractivity contribution in [3.8, 4) is 44.5 Å². The zero-order valence-corrected chi connectivity index (χ0v) is 30.4. The van der Waals surface area contributed by atoms with Gasteiger partial charge in [-0.3, -0.25) is 4.79 Å². The lowest BCUT2D eigenvalue weighted by Gasteiger charge is -2.41. The van der Waals surface area contributed by atoms with Crippen molar-refractivity contribution < 1.29 is 9.90 Å². The van der Waals surface area contributed by atoms with Gasteiger partial charge in [-0.25, -0.2) is 0 Å². The standard InChI is InChI=1S/C50H38N2O2/c1-49-21-9-19-33(47(49)51-43-31-17-7-15-29-25-11-3-5-13-27(25)35(39(29)31)23-37(43)49)41-45(53)42(46(41)54)34-20-10-22-50(2)38-24-36-28-14-6-4-12-26(28)30-16-8-18-32(40(30)36)44(38)52-48(34)50/h3-8,11-18,23-24,47,51-53H,9-10,19-22H2,1-2H3/b41-33-. The van der Waals surface area contributed by atoms with Crippen molar-refractivity contribution >= 4 is 38.7 Å². The van der Waals surface area contributed by atoms with Gasteiger partial charge in [0.05, 0.1) is 22.9 Å². The highest BCUT2D eigenvalue weighted by molar-refractivity contribution is 6.24. The molecule has 4 heteroatoms. The highest BCUT2D eigenvalue weighted by atomic mass is 16.3. The van der Waals surface area contributed by atoms with E-state index in [9.17, 15) is 9.90 Å². The lowest BCUT2D eigenvalue weighted by atomic mass is 9.63. The summed E-state index contributed by atoms with van der Waals surface area (Å²) in [5, 5.41) is 25.1. The van der Waals surface area contributed by atoms with E-state index in [1.54, 1.807) is 0 Å². The number of aliphatic hydroxyl groups excluding tert-OH is 1. The van der Waals surface area contributed by atoms with E-state index in [1.807, 2.05) is 0 Å². The number of rotatable bonds is 1. The molecular weight excluding hydrogens is 661 g/mol. The van der Waals surface area contributed by atoms with Gasteiger partial charge in [0.25, 0.3) is 0 Å². The molecule has 54 heavy (non-hydrogen) atoms. The zero-order chi connectivity index (χ0) is 35.8. The first-order valence-corrected chi connectivity index (χ1v) is 19.8. The number of allylic oxidation sites excluding steroid dienone is 4. The molecule has 4 nitrogen and oxygen atoms in total. The molecule has 2 aliphatic heterocycles. The van der Waals surface area contributed by atoms with Crippen molar-refractivity contribution in [2.24, 2.45) is 0 Å². The number of carbonyl (C=O) groups excluding carboxylic acids is 1. The average Bonchev–Trinajstić information content (AvgIpc) is 3.90. The van der Waals surface area contributed by atoms with Gasteiger partial charge in [-0.2, -0.15) is 0 Å². The van der Waals surface area contributed by atoms with Crippen LogP contribution >= 0.6 is 0 Å². The Bertz CT molecular complexity index is 2960. The molecule has 0 amide bonds. The van der Waals surface area contributed by atoms with Gasteiger partial charge in [0, 0.05) is 33.0 Å². The summed E-state index contributed by atoms with van der Waals surface area (Å²) in [5.41, 5.74) is 19.2. The number of nitrogens with one attached hydrogen (secondary N) is 2. The molecule has 6 aromatic carbocycles. The summed E-state index contributed by atoms with van der Waals surface area (Å²) in [7, 11) is 0. The van der Waals surface area contributed by atoms with Gasteiger partial charge in [-0.1, -0.05) is 91.9 Å². The predicted molar refractivity (Wildman–Crippen MR) is 219 cm³/mol. The normalized spacial score (nSPS) is 26.3. The molecule has 0 radical (unpaired) electrons. The van der Waals surface area contributed by atoms with E-state index >= 15 is 0 Å². The minimum Gasteiger partial charge on any atom is -0.506 e. The Kier molecular flexibility index (Phi) is 5.26. The molecule has 0 spiro atoms. The Hall–Kier alpha value is -5.87. The first-order chi connectivity index (χ1) is 26.4. The summed E-state index contributed by atoms with van der Waals surface area (Å²) in [6.07, 6.45) is 5.57. The fourth-order valence-electron chi connectivity index (χ4n) is 12.2. The molecule has 0 bridgehead atoms. The van der Waals surface area contributed by atoms with Gasteiger partial charge in [0.2, 0.25) is 5.78 Å². The number of hydrogen-bond acceptors (Lipinski definition) is 4. The van der Waals surface area contributed by atoms with Crippen LogP contribution in [0.4, 0.5) is 11.4 Å². The van der Waals surface area contributed by atoms with Crippen LogP contribution in [0.2, 0.25) is 0 Å². The predicted octanol–water partition coefficient (Wildman–Crippen LogP) is 12.0. The molecular formula is C50H38N2O2. The quantitative estimate of drug-likeness (QED) is 0.149. The van der Waals surface area contributed by atoms with Crippen LogP contribution in [-0.4, -0.2) is 16.9 Å². The van der Waals surface area contributed by atoms with E-state index in [1.165, 1.54) is 82.9 Å². The molecule has 2 heterocycles. The summed E-state index contributed by atoms with van der Waals surface area (Å²) in [6, 6.07) is 35.7. The first kappa shape index (κ1) is 29.6. The monoisotopic (exact) mass is 698 g/mol. The molecule has 0 aromatic heterocycles. The van der Waals surface area contributed by atoms with Gasteiger partial charge in [0.15, 0.2) is 0 Å². The molecule has 3 atom stereocenters. The second kappa shape index (κ2) is 9.62.